The van der Waals surface area contributed by atoms with Crippen LogP contribution in [0.25, 0.3) is 0 Å². The molecule has 1 rings (SSSR count). The largest absolute Gasteiger partial charge is 0.416 e. The van der Waals surface area contributed by atoms with Crippen molar-refractivity contribution in [1.82, 2.24) is 5.32 Å². The molecule has 1 aromatic carbocycles. The van der Waals surface area contributed by atoms with Crippen LogP contribution in [0.2, 0.25) is 0 Å². The minimum absolute atomic E-state index is 0.206. The van der Waals surface area contributed by atoms with Gasteiger partial charge in [0.2, 0.25) is 0 Å². The van der Waals surface area contributed by atoms with Crippen LogP contribution in [0.5, 0.6) is 0 Å². The van der Waals surface area contributed by atoms with E-state index < -0.39 is 17.8 Å². The Kier molecular flexibility index (Phi) is 6.93. The number of terminal acetylenes is 1. The van der Waals surface area contributed by atoms with Crippen LogP contribution in [-0.2, 0) is 6.18 Å². The Bertz CT molecular complexity index is 456. The molecule has 0 heterocycles. The second-order valence-corrected chi connectivity index (χ2v) is 5.21. The summed E-state index contributed by atoms with van der Waals surface area (Å²) in [6, 6.07) is 4.73. The quantitative estimate of drug-likeness (QED) is 0.600. The van der Waals surface area contributed by atoms with Crippen molar-refractivity contribution in [3.63, 3.8) is 0 Å². The maximum atomic E-state index is 12.5. The van der Waals surface area contributed by atoms with E-state index in [0.29, 0.717) is 12.3 Å². The van der Waals surface area contributed by atoms with Gasteiger partial charge in [0.15, 0.2) is 0 Å². The predicted octanol–water partition coefficient (Wildman–Crippen LogP) is 2.69. The number of alkyl halides is 3. The van der Waals surface area contributed by atoms with Crippen molar-refractivity contribution in [2.75, 3.05) is 24.6 Å². The van der Waals surface area contributed by atoms with Gasteiger partial charge in [0.1, 0.15) is 0 Å². The average Bonchev–Trinajstić information content (AvgIpc) is 2.41. The SMILES string of the molecule is C#CCSCCNCC(O)c1cccc(C(F)(F)F)c1. The lowest BCUT2D eigenvalue weighted by Crippen LogP contribution is -2.24. The highest BCUT2D eigenvalue weighted by Crippen LogP contribution is 2.30. The first-order valence-electron chi connectivity index (χ1n) is 6.02. The van der Waals surface area contributed by atoms with Gasteiger partial charge in [0, 0.05) is 18.8 Å². The number of hydrogen-bond acceptors (Lipinski definition) is 3. The van der Waals surface area contributed by atoms with Crippen LogP contribution >= 0.6 is 11.8 Å². The highest BCUT2D eigenvalue weighted by molar-refractivity contribution is 7.99. The number of nitrogens with one attached hydrogen (secondary N) is 1. The molecule has 0 bridgehead atoms. The summed E-state index contributed by atoms with van der Waals surface area (Å²) in [5, 5.41) is 12.8. The molecule has 0 aliphatic heterocycles. The van der Waals surface area contributed by atoms with Crippen LogP contribution in [-0.4, -0.2) is 29.7 Å². The standard InChI is InChI=1S/C14H16F3NOS/c1-2-7-20-8-6-18-10-13(19)11-4-3-5-12(9-11)14(15,16)17/h1,3-5,9,13,18-19H,6-8,10H2. The maximum absolute atomic E-state index is 12.5. The maximum Gasteiger partial charge on any atom is 0.416 e. The molecule has 0 aromatic heterocycles. The fourth-order valence-corrected chi connectivity index (χ4v) is 2.11. The van der Waals surface area contributed by atoms with E-state index in [4.69, 9.17) is 6.42 Å². The van der Waals surface area contributed by atoms with Crippen LogP contribution in [0.15, 0.2) is 24.3 Å². The van der Waals surface area contributed by atoms with E-state index in [1.54, 1.807) is 11.8 Å². The normalized spacial score (nSPS) is 12.9. The first-order chi connectivity index (χ1) is 9.45. The first kappa shape index (κ1) is 16.9. The van der Waals surface area contributed by atoms with E-state index in [9.17, 15) is 18.3 Å². The summed E-state index contributed by atoms with van der Waals surface area (Å²) in [7, 11) is 0. The van der Waals surface area contributed by atoms with E-state index in [1.807, 2.05) is 0 Å². The van der Waals surface area contributed by atoms with Crippen LogP contribution in [0.4, 0.5) is 13.2 Å². The van der Waals surface area contributed by atoms with Gasteiger partial charge in [-0.25, -0.2) is 0 Å². The summed E-state index contributed by atoms with van der Waals surface area (Å²) >= 11 is 1.58. The highest BCUT2D eigenvalue weighted by Gasteiger charge is 2.30. The number of hydrogen-bond donors (Lipinski definition) is 2. The second kappa shape index (κ2) is 8.20. The summed E-state index contributed by atoms with van der Waals surface area (Å²) in [5.74, 6) is 3.91. The molecule has 0 amide bonds. The van der Waals surface area contributed by atoms with Gasteiger partial charge < -0.3 is 10.4 Å². The fraction of sp³-hybridized carbons (Fsp3) is 0.429. The van der Waals surface area contributed by atoms with Crippen LogP contribution in [0, 0.1) is 12.3 Å². The lowest BCUT2D eigenvalue weighted by molar-refractivity contribution is -0.137. The summed E-state index contributed by atoms with van der Waals surface area (Å²) in [6.07, 6.45) is -0.263. The van der Waals surface area contributed by atoms with E-state index in [0.717, 1.165) is 17.9 Å². The zero-order chi connectivity index (χ0) is 15.0. The Labute approximate surface area is 120 Å². The number of benzene rings is 1. The van der Waals surface area contributed by atoms with Crippen LogP contribution in [0.1, 0.15) is 17.2 Å². The lowest BCUT2D eigenvalue weighted by Gasteiger charge is -2.14. The number of rotatable bonds is 7. The van der Waals surface area contributed by atoms with Gasteiger partial charge >= 0.3 is 6.18 Å². The molecule has 110 valence electrons. The van der Waals surface area contributed by atoms with E-state index in [1.165, 1.54) is 12.1 Å². The fourth-order valence-electron chi connectivity index (χ4n) is 1.55. The van der Waals surface area contributed by atoms with E-state index in [-0.39, 0.29) is 12.1 Å². The van der Waals surface area contributed by atoms with Gasteiger partial charge in [-0.15, -0.1) is 18.2 Å². The average molecular weight is 303 g/mol. The highest BCUT2D eigenvalue weighted by atomic mass is 32.2. The molecule has 2 N–H and O–H groups in total. The Balaban J connectivity index is 2.44. The zero-order valence-electron chi connectivity index (χ0n) is 10.8. The topological polar surface area (TPSA) is 32.3 Å². The monoisotopic (exact) mass is 303 g/mol. The van der Waals surface area contributed by atoms with Gasteiger partial charge in [0.05, 0.1) is 17.4 Å². The van der Waals surface area contributed by atoms with Crippen molar-refractivity contribution in [2.24, 2.45) is 0 Å². The van der Waals surface area contributed by atoms with Gasteiger partial charge in [-0.05, 0) is 17.7 Å². The van der Waals surface area contributed by atoms with Gasteiger partial charge in [-0.3, -0.25) is 0 Å². The van der Waals surface area contributed by atoms with Gasteiger partial charge in [-0.2, -0.15) is 13.2 Å². The summed E-state index contributed by atoms with van der Waals surface area (Å²) in [5.41, 5.74) is -0.498. The Hall–Kier alpha value is -1.16. The molecule has 0 radical (unpaired) electrons. The minimum atomic E-state index is -4.39. The van der Waals surface area contributed by atoms with Crippen molar-refractivity contribution >= 4 is 11.8 Å². The number of aliphatic hydroxyl groups is 1. The van der Waals surface area contributed by atoms with Crippen LogP contribution in [0.3, 0.4) is 0 Å². The molecule has 6 heteroatoms. The molecule has 1 atom stereocenters. The molecule has 0 saturated heterocycles. The molecule has 2 nitrogen and oxygen atoms in total. The minimum Gasteiger partial charge on any atom is -0.387 e. The van der Waals surface area contributed by atoms with Crippen LogP contribution < -0.4 is 5.32 Å². The summed E-state index contributed by atoms with van der Waals surface area (Å²) < 4.78 is 37.6. The molecular weight excluding hydrogens is 287 g/mol. The Morgan fingerprint density at radius 3 is 2.80 bits per heavy atom. The third-order valence-electron chi connectivity index (χ3n) is 2.54. The van der Waals surface area contributed by atoms with E-state index >= 15 is 0 Å². The molecule has 0 saturated carbocycles. The zero-order valence-corrected chi connectivity index (χ0v) is 11.6. The molecule has 1 unspecified atom stereocenters. The number of thioether (sulfide) groups is 1. The number of halogens is 3. The first-order valence-corrected chi connectivity index (χ1v) is 7.17. The molecule has 0 aliphatic rings. The number of aliphatic hydroxyl groups excluding tert-OH is 1. The molecule has 20 heavy (non-hydrogen) atoms. The van der Waals surface area contributed by atoms with Gasteiger partial charge in [-0.1, -0.05) is 18.1 Å². The molecule has 0 spiro atoms. The van der Waals surface area contributed by atoms with Crippen molar-refractivity contribution in [1.29, 1.82) is 0 Å². The van der Waals surface area contributed by atoms with E-state index in [2.05, 4.69) is 11.2 Å². The van der Waals surface area contributed by atoms with Crippen molar-refractivity contribution in [3.05, 3.63) is 35.4 Å². The third-order valence-corrected chi connectivity index (χ3v) is 3.41. The van der Waals surface area contributed by atoms with Crippen molar-refractivity contribution < 1.29 is 18.3 Å². The summed E-state index contributed by atoms with van der Waals surface area (Å²) in [6.45, 7) is 0.848. The Morgan fingerprint density at radius 2 is 2.15 bits per heavy atom. The van der Waals surface area contributed by atoms with Crippen molar-refractivity contribution in [2.45, 2.75) is 12.3 Å². The lowest BCUT2D eigenvalue weighted by atomic mass is 10.1. The smallest absolute Gasteiger partial charge is 0.387 e. The predicted molar refractivity (Wildman–Crippen MR) is 75.4 cm³/mol. The molecule has 0 fully saturated rings. The molecule has 1 aromatic rings. The Morgan fingerprint density at radius 1 is 1.40 bits per heavy atom. The molecule has 0 aliphatic carbocycles. The summed E-state index contributed by atoms with van der Waals surface area (Å²) in [4.78, 5) is 0. The third kappa shape index (κ3) is 5.87. The van der Waals surface area contributed by atoms with Crippen molar-refractivity contribution in [3.8, 4) is 12.3 Å². The second-order valence-electron chi connectivity index (χ2n) is 4.10. The van der Waals surface area contributed by atoms with Gasteiger partial charge in [0.25, 0.3) is 0 Å². The molecular formula is C14H16F3NOS.